The first-order valence-corrected chi connectivity index (χ1v) is 14.3. The average molecular weight is 538 g/mol. The quantitative estimate of drug-likeness (QED) is 0.239. The lowest BCUT2D eigenvalue weighted by Gasteiger charge is -2.28. The maximum Gasteiger partial charge on any atom is 0.257 e. The summed E-state index contributed by atoms with van der Waals surface area (Å²) >= 11 is 1.80. The molecule has 0 spiro atoms. The number of carbonyl (C=O) groups excluding carboxylic acids is 1. The largest absolute Gasteiger partial charge is 0.391 e. The van der Waals surface area contributed by atoms with Gasteiger partial charge in [0.1, 0.15) is 17.2 Å². The van der Waals surface area contributed by atoms with Gasteiger partial charge in [0.25, 0.3) is 5.91 Å². The van der Waals surface area contributed by atoms with Crippen LogP contribution in [0.1, 0.15) is 51.0 Å². The zero-order chi connectivity index (χ0) is 26.6. The van der Waals surface area contributed by atoms with Gasteiger partial charge in [-0.2, -0.15) is 0 Å². The van der Waals surface area contributed by atoms with Crippen molar-refractivity contribution in [3.05, 3.63) is 119 Å². The van der Waals surface area contributed by atoms with Crippen molar-refractivity contribution in [1.82, 2.24) is 14.5 Å². The number of pyridine rings is 1. The summed E-state index contributed by atoms with van der Waals surface area (Å²) in [5.41, 5.74) is 6.17. The Kier molecular flexibility index (Phi) is 7.47. The maximum absolute atomic E-state index is 13.4. The summed E-state index contributed by atoms with van der Waals surface area (Å²) in [6.07, 6.45) is 7.83. The van der Waals surface area contributed by atoms with Crippen LogP contribution in [0.3, 0.4) is 0 Å². The second-order valence-corrected chi connectivity index (χ2v) is 11.1. The van der Waals surface area contributed by atoms with Gasteiger partial charge >= 0.3 is 0 Å². The van der Waals surface area contributed by atoms with E-state index in [2.05, 4.69) is 38.0 Å². The second kappa shape index (κ2) is 11.5. The molecule has 8 heteroatoms. The molecule has 2 aromatic carbocycles. The molecule has 4 aromatic rings. The number of amides is 1. The highest BCUT2D eigenvalue weighted by Crippen LogP contribution is 2.42. The van der Waals surface area contributed by atoms with Crippen molar-refractivity contribution in [1.29, 1.82) is 0 Å². The number of thioether (sulfide) groups is 1. The van der Waals surface area contributed by atoms with Gasteiger partial charge in [0.15, 0.2) is 0 Å². The number of aromatic nitrogens is 2. The lowest BCUT2D eigenvalue weighted by molar-refractivity contribution is 0.0100. The molecule has 2 atom stereocenters. The molecule has 0 saturated carbocycles. The summed E-state index contributed by atoms with van der Waals surface area (Å²) in [5, 5.41) is 7.88. The highest BCUT2D eigenvalue weighted by Gasteiger charge is 2.28. The van der Waals surface area contributed by atoms with E-state index in [1.807, 2.05) is 79.1 Å². The van der Waals surface area contributed by atoms with Gasteiger partial charge in [-0.1, -0.05) is 53.7 Å². The number of oxime groups is 1. The molecule has 1 amide bonds. The highest BCUT2D eigenvalue weighted by molar-refractivity contribution is 7.99. The number of likely N-dealkylation sites (N-methyl/N-ethyl adjacent to an activating group) is 1. The number of likely N-dealkylation sites (tertiary alicyclic amines) is 1. The molecule has 0 bridgehead atoms. The number of benzene rings is 2. The molecule has 4 heterocycles. The zero-order valence-corrected chi connectivity index (χ0v) is 22.7. The van der Waals surface area contributed by atoms with Crippen LogP contribution in [0.15, 0.2) is 96.5 Å². The van der Waals surface area contributed by atoms with Crippen molar-refractivity contribution in [3.63, 3.8) is 0 Å². The number of hydrogen-bond donors (Lipinski definition) is 1. The van der Waals surface area contributed by atoms with Crippen molar-refractivity contribution < 1.29 is 9.63 Å². The number of nitrogens with zero attached hydrogens (tertiary/aromatic N) is 4. The Bertz CT molecular complexity index is 1470. The summed E-state index contributed by atoms with van der Waals surface area (Å²) in [4.78, 5) is 26.0. The number of fused-ring (bicyclic) bond motifs is 1. The molecule has 1 N–H and O–H groups in total. The Hall–Kier alpha value is -3.88. The monoisotopic (exact) mass is 537 g/mol. The van der Waals surface area contributed by atoms with Gasteiger partial charge in [0.05, 0.1) is 5.56 Å². The van der Waals surface area contributed by atoms with Crippen LogP contribution >= 0.6 is 11.8 Å². The van der Waals surface area contributed by atoms with Crippen LogP contribution in [0.2, 0.25) is 0 Å². The minimum atomic E-state index is -0.118. The maximum atomic E-state index is 13.4. The highest BCUT2D eigenvalue weighted by atomic mass is 32.2. The van der Waals surface area contributed by atoms with Crippen LogP contribution in [0.25, 0.3) is 0 Å². The third-order valence-corrected chi connectivity index (χ3v) is 8.44. The summed E-state index contributed by atoms with van der Waals surface area (Å²) < 4.78 is 2.17. The van der Waals surface area contributed by atoms with Crippen LogP contribution in [0.4, 0.5) is 5.69 Å². The Balaban J connectivity index is 1.23. The van der Waals surface area contributed by atoms with E-state index < -0.39 is 0 Å². The van der Waals surface area contributed by atoms with Crippen molar-refractivity contribution in [3.8, 4) is 0 Å². The Morgan fingerprint density at radius 3 is 2.77 bits per heavy atom. The average Bonchev–Trinajstić information content (AvgIpc) is 3.57. The second-order valence-electron chi connectivity index (χ2n) is 10.0. The van der Waals surface area contributed by atoms with Crippen molar-refractivity contribution in [2.24, 2.45) is 5.16 Å². The zero-order valence-electron chi connectivity index (χ0n) is 21.9. The molecular weight excluding hydrogens is 506 g/mol. The summed E-state index contributed by atoms with van der Waals surface area (Å²) in [7, 11) is 2.11. The van der Waals surface area contributed by atoms with E-state index in [0.717, 1.165) is 59.8 Å². The Labute approximate surface area is 232 Å². The van der Waals surface area contributed by atoms with Crippen molar-refractivity contribution >= 4 is 29.1 Å². The number of anilines is 1. The smallest absolute Gasteiger partial charge is 0.257 e. The fraction of sp³-hybridized carbons (Fsp3) is 0.258. The molecule has 1 saturated heterocycles. The van der Waals surface area contributed by atoms with Crippen LogP contribution in [-0.2, 0) is 10.6 Å². The number of rotatable bonds is 7. The predicted octanol–water partition coefficient (Wildman–Crippen LogP) is 5.79. The fourth-order valence-corrected chi connectivity index (χ4v) is 6.53. The third kappa shape index (κ3) is 5.62. The normalized spacial score (nSPS) is 19.5. The molecular formula is C31H31N5O2S. The molecule has 39 heavy (non-hydrogen) atoms. The van der Waals surface area contributed by atoms with Gasteiger partial charge < -0.3 is 19.6 Å². The lowest BCUT2D eigenvalue weighted by Crippen LogP contribution is -2.36. The molecule has 7 nitrogen and oxygen atoms in total. The topological polar surface area (TPSA) is 71.8 Å². The standard InChI is InChI=1S/C31H31N5O2S/c1-35-16-7-13-26(20-35)38-34-29(22-8-3-2-4-9-22)23-10-5-12-25(18-23)33-30(37)27-14-17-36-28(27)21-39-31(36)24-11-6-15-32-19-24/h2-6,8-12,14-15,17-19,26,31H,7,13,16,20-21H2,1H3,(H,33,37)/t26?,31-/m1/s1. The molecule has 0 radical (unpaired) electrons. The minimum Gasteiger partial charge on any atom is -0.391 e. The van der Waals surface area contributed by atoms with E-state index in [9.17, 15) is 4.79 Å². The SMILES string of the molecule is CN1CCCC(ON=C(c2ccccc2)c2cccc(NC(=O)c3ccn4c3CS[C@@H]4c3cccnc3)c2)C1. The van der Waals surface area contributed by atoms with Gasteiger partial charge in [-0.25, -0.2) is 0 Å². The fourth-order valence-electron chi connectivity index (χ4n) is 5.22. The van der Waals surface area contributed by atoms with E-state index in [0.29, 0.717) is 11.3 Å². The molecule has 2 aliphatic rings. The van der Waals surface area contributed by atoms with Gasteiger partial charge in [0, 0.05) is 59.0 Å². The first kappa shape index (κ1) is 25.4. The molecule has 2 aromatic heterocycles. The summed E-state index contributed by atoms with van der Waals surface area (Å²) in [6.45, 7) is 1.95. The Morgan fingerprint density at radius 2 is 1.95 bits per heavy atom. The molecule has 6 rings (SSSR count). The number of hydrogen-bond acceptors (Lipinski definition) is 6. The molecule has 0 aliphatic carbocycles. The number of nitrogens with one attached hydrogen (secondary N) is 1. The third-order valence-electron chi connectivity index (χ3n) is 7.18. The van der Waals surface area contributed by atoms with Gasteiger partial charge in [-0.05, 0) is 50.7 Å². The van der Waals surface area contributed by atoms with Crippen LogP contribution in [-0.4, -0.2) is 52.3 Å². The Morgan fingerprint density at radius 1 is 1.08 bits per heavy atom. The number of carbonyl (C=O) groups is 1. The summed E-state index contributed by atoms with van der Waals surface area (Å²) in [5.74, 6) is 0.654. The van der Waals surface area contributed by atoms with Crippen molar-refractivity contribution in [2.45, 2.75) is 30.1 Å². The summed E-state index contributed by atoms with van der Waals surface area (Å²) in [6, 6.07) is 23.8. The molecule has 1 fully saturated rings. The first-order chi connectivity index (χ1) is 19.2. The lowest BCUT2D eigenvalue weighted by atomic mass is 10.0. The van der Waals surface area contributed by atoms with E-state index >= 15 is 0 Å². The van der Waals surface area contributed by atoms with E-state index in [4.69, 9.17) is 4.84 Å². The van der Waals surface area contributed by atoms with Gasteiger partial charge in [-0.3, -0.25) is 9.78 Å². The van der Waals surface area contributed by atoms with Crippen LogP contribution in [0.5, 0.6) is 0 Å². The predicted molar refractivity (Wildman–Crippen MR) is 156 cm³/mol. The van der Waals surface area contributed by atoms with Crippen LogP contribution < -0.4 is 5.32 Å². The first-order valence-electron chi connectivity index (χ1n) is 13.3. The molecule has 198 valence electrons. The van der Waals surface area contributed by atoms with Gasteiger partial charge in [0.2, 0.25) is 0 Å². The van der Waals surface area contributed by atoms with E-state index in [1.54, 1.807) is 18.0 Å². The van der Waals surface area contributed by atoms with Crippen LogP contribution in [0, 0.1) is 0 Å². The molecule has 1 unspecified atom stereocenters. The van der Waals surface area contributed by atoms with E-state index in [1.165, 1.54) is 0 Å². The van der Waals surface area contributed by atoms with E-state index in [-0.39, 0.29) is 17.4 Å². The van der Waals surface area contributed by atoms with Crippen molar-refractivity contribution in [2.75, 3.05) is 25.5 Å². The number of piperidine rings is 1. The van der Waals surface area contributed by atoms with Gasteiger partial charge in [-0.15, -0.1) is 11.8 Å². The molecule has 2 aliphatic heterocycles. The minimum absolute atomic E-state index is 0.0654.